The minimum atomic E-state index is -1.12. The predicted molar refractivity (Wildman–Crippen MR) is 137 cm³/mol. The molecule has 0 unspecified atom stereocenters. The summed E-state index contributed by atoms with van der Waals surface area (Å²) in [6.07, 6.45) is 7.96. The molecule has 2 aromatic carbocycles. The molecular formula is C27H31N3OSi. The van der Waals surface area contributed by atoms with E-state index in [0.29, 0.717) is 6.73 Å². The standard InChI is InChI=1S/C27H31N3OSi/c1-21-19-28-15-14-24(21)23-11-13-27-25(18-23)26(12-10-22-8-6-5-7-9-22)29-30(27)20-31-16-17-32(2,3)4/h5-15,18-19H,16-17,20H2,1-4H3/b12-10+. The number of pyridine rings is 1. The van der Waals surface area contributed by atoms with Gasteiger partial charge in [-0.25, -0.2) is 4.68 Å². The Morgan fingerprint density at radius 2 is 1.81 bits per heavy atom. The Hall–Kier alpha value is -3.02. The first-order valence-electron chi connectivity index (χ1n) is 11.1. The molecule has 0 fully saturated rings. The van der Waals surface area contributed by atoms with Crippen LogP contribution in [0.5, 0.6) is 0 Å². The normalized spacial score (nSPS) is 12.1. The quantitative estimate of drug-likeness (QED) is 0.221. The van der Waals surface area contributed by atoms with Crippen LogP contribution in [0.3, 0.4) is 0 Å². The Balaban J connectivity index is 1.69. The third-order valence-corrected chi connectivity index (χ3v) is 7.26. The summed E-state index contributed by atoms with van der Waals surface area (Å²) < 4.78 is 8.00. The molecule has 0 spiro atoms. The number of aromatic nitrogens is 3. The Bertz CT molecular complexity index is 1220. The van der Waals surface area contributed by atoms with Crippen molar-refractivity contribution in [2.24, 2.45) is 0 Å². The van der Waals surface area contributed by atoms with Gasteiger partial charge in [0.15, 0.2) is 0 Å². The highest BCUT2D eigenvalue weighted by molar-refractivity contribution is 6.76. The summed E-state index contributed by atoms with van der Waals surface area (Å²) in [4.78, 5) is 4.24. The molecule has 5 heteroatoms. The van der Waals surface area contributed by atoms with E-state index in [-0.39, 0.29) is 0 Å². The lowest BCUT2D eigenvalue weighted by Gasteiger charge is -2.15. The van der Waals surface area contributed by atoms with Gasteiger partial charge in [-0.05, 0) is 59.5 Å². The van der Waals surface area contributed by atoms with Gasteiger partial charge >= 0.3 is 0 Å². The van der Waals surface area contributed by atoms with Gasteiger partial charge in [0.05, 0.1) is 11.2 Å². The van der Waals surface area contributed by atoms with Crippen LogP contribution < -0.4 is 0 Å². The van der Waals surface area contributed by atoms with Gasteiger partial charge in [-0.1, -0.05) is 62.1 Å². The van der Waals surface area contributed by atoms with Crippen molar-refractivity contribution in [3.8, 4) is 11.1 Å². The first-order chi connectivity index (χ1) is 15.4. The molecule has 4 aromatic rings. The molecule has 0 radical (unpaired) electrons. The van der Waals surface area contributed by atoms with Crippen molar-refractivity contribution in [2.75, 3.05) is 6.61 Å². The van der Waals surface area contributed by atoms with E-state index in [0.717, 1.165) is 40.4 Å². The van der Waals surface area contributed by atoms with Gasteiger partial charge in [0.25, 0.3) is 0 Å². The molecule has 4 rings (SSSR count). The van der Waals surface area contributed by atoms with Crippen molar-refractivity contribution in [1.82, 2.24) is 14.8 Å². The molecule has 0 N–H and O–H groups in total. The third kappa shape index (κ3) is 5.42. The second-order valence-corrected chi connectivity index (χ2v) is 15.0. The van der Waals surface area contributed by atoms with Crippen LogP contribution in [0.25, 0.3) is 34.2 Å². The monoisotopic (exact) mass is 441 g/mol. The zero-order valence-corrected chi connectivity index (χ0v) is 20.4. The van der Waals surface area contributed by atoms with Crippen molar-refractivity contribution in [3.05, 3.63) is 83.8 Å². The summed E-state index contributed by atoms with van der Waals surface area (Å²) in [6.45, 7) is 10.4. The maximum Gasteiger partial charge on any atom is 0.140 e. The van der Waals surface area contributed by atoms with Crippen LogP contribution in [0.15, 0.2) is 67.0 Å². The SMILES string of the molecule is Cc1cnccc1-c1ccc2c(c1)c(/C=C/c1ccccc1)nn2COCC[Si](C)(C)C. The molecule has 32 heavy (non-hydrogen) atoms. The molecule has 0 aliphatic carbocycles. The summed E-state index contributed by atoms with van der Waals surface area (Å²) in [5, 5.41) is 6.02. The van der Waals surface area contributed by atoms with Crippen molar-refractivity contribution in [2.45, 2.75) is 39.3 Å². The fourth-order valence-electron chi connectivity index (χ4n) is 3.66. The van der Waals surface area contributed by atoms with Crippen LogP contribution in [0.1, 0.15) is 16.8 Å². The van der Waals surface area contributed by atoms with E-state index in [1.165, 1.54) is 11.1 Å². The highest BCUT2D eigenvalue weighted by Gasteiger charge is 2.14. The maximum atomic E-state index is 6.02. The van der Waals surface area contributed by atoms with Crippen LogP contribution in [-0.4, -0.2) is 29.4 Å². The number of ether oxygens (including phenoxy) is 1. The number of hydrogen-bond donors (Lipinski definition) is 0. The Morgan fingerprint density at radius 1 is 1.00 bits per heavy atom. The van der Waals surface area contributed by atoms with Gasteiger partial charge in [-0.15, -0.1) is 0 Å². The van der Waals surface area contributed by atoms with Crippen LogP contribution >= 0.6 is 0 Å². The lowest BCUT2D eigenvalue weighted by molar-refractivity contribution is 0.0816. The average Bonchev–Trinajstić information content (AvgIpc) is 3.12. The number of rotatable bonds is 8. The maximum absolute atomic E-state index is 6.02. The third-order valence-electron chi connectivity index (χ3n) is 5.55. The van der Waals surface area contributed by atoms with E-state index >= 15 is 0 Å². The van der Waals surface area contributed by atoms with E-state index in [9.17, 15) is 0 Å². The van der Waals surface area contributed by atoms with E-state index in [1.54, 1.807) is 0 Å². The smallest absolute Gasteiger partial charge is 0.140 e. The molecule has 0 amide bonds. The van der Waals surface area contributed by atoms with Crippen molar-refractivity contribution >= 4 is 31.1 Å². The Morgan fingerprint density at radius 3 is 2.56 bits per heavy atom. The molecule has 4 nitrogen and oxygen atoms in total. The molecule has 164 valence electrons. The fourth-order valence-corrected chi connectivity index (χ4v) is 4.42. The van der Waals surface area contributed by atoms with E-state index in [4.69, 9.17) is 9.84 Å². The molecule has 0 aliphatic rings. The zero-order valence-electron chi connectivity index (χ0n) is 19.4. The molecular weight excluding hydrogens is 410 g/mol. The van der Waals surface area contributed by atoms with Crippen LogP contribution in [0.4, 0.5) is 0 Å². The minimum Gasteiger partial charge on any atom is -0.360 e. The number of hydrogen-bond acceptors (Lipinski definition) is 3. The largest absolute Gasteiger partial charge is 0.360 e. The van der Waals surface area contributed by atoms with Crippen LogP contribution in [0.2, 0.25) is 25.7 Å². The van der Waals surface area contributed by atoms with Gasteiger partial charge < -0.3 is 4.74 Å². The summed E-state index contributed by atoms with van der Waals surface area (Å²) >= 11 is 0. The minimum absolute atomic E-state index is 0.466. The van der Waals surface area contributed by atoms with E-state index in [2.05, 4.69) is 80.1 Å². The highest BCUT2D eigenvalue weighted by Crippen LogP contribution is 2.29. The zero-order chi connectivity index (χ0) is 22.6. The second-order valence-electron chi connectivity index (χ2n) is 9.40. The molecule has 0 saturated carbocycles. The topological polar surface area (TPSA) is 39.9 Å². The summed E-state index contributed by atoms with van der Waals surface area (Å²) in [5.41, 5.74) is 6.72. The number of benzene rings is 2. The van der Waals surface area contributed by atoms with Crippen molar-refractivity contribution in [1.29, 1.82) is 0 Å². The van der Waals surface area contributed by atoms with Crippen molar-refractivity contribution in [3.63, 3.8) is 0 Å². The molecule has 2 aromatic heterocycles. The fraction of sp³-hybridized carbons (Fsp3) is 0.259. The van der Waals surface area contributed by atoms with Gasteiger partial charge in [0, 0.05) is 32.5 Å². The second kappa shape index (κ2) is 9.63. The number of aryl methyl sites for hydroxylation is 1. The van der Waals surface area contributed by atoms with Crippen molar-refractivity contribution < 1.29 is 4.74 Å². The average molecular weight is 442 g/mol. The van der Waals surface area contributed by atoms with Crippen LogP contribution in [0, 0.1) is 6.92 Å². The van der Waals surface area contributed by atoms with Gasteiger partial charge in [0.1, 0.15) is 6.73 Å². The Kier molecular flexibility index (Phi) is 6.68. The molecule has 0 bridgehead atoms. The highest BCUT2D eigenvalue weighted by atomic mass is 28.3. The predicted octanol–water partition coefficient (Wildman–Crippen LogP) is 6.89. The number of fused-ring (bicyclic) bond motifs is 1. The first-order valence-corrected chi connectivity index (χ1v) is 14.8. The van der Waals surface area contributed by atoms with E-state index in [1.807, 2.05) is 35.3 Å². The molecule has 2 heterocycles. The summed E-state index contributed by atoms with van der Waals surface area (Å²) in [7, 11) is -1.12. The Labute approximate surface area is 191 Å². The lowest BCUT2D eigenvalue weighted by atomic mass is 10.0. The van der Waals surface area contributed by atoms with Gasteiger partial charge in [0.2, 0.25) is 0 Å². The van der Waals surface area contributed by atoms with Crippen LogP contribution in [-0.2, 0) is 11.5 Å². The first kappa shape index (κ1) is 22.2. The lowest BCUT2D eigenvalue weighted by Crippen LogP contribution is -2.22. The number of nitrogens with zero attached hydrogens (tertiary/aromatic N) is 3. The molecule has 0 aliphatic heterocycles. The summed E-state index contributed by atoms with van der Waals surface area (Å²) in [5.74, 6) is 0. The molecule has 0 atom stereocenters. The van der Waals surface area contributed by atoms with Gasteiger partial charge in [-0.3, -0.25) is 4.98 Å². The van der Waals surface area contributed by atoms with Gasteiger partial charge in [-0.2, -0.15) is 5.10 Å². The van der Waals surface area contributed by atoms with E-state index < -0.39 is 8.07 Å². The summed E-state index contributed by atoms with van der Waals surface area (Å²) in [6, 6.07) is 20.1. The molecule has 0 saturated heterocycles.